The molecule has 6 heteroatoms. The lowest BCUT2D eigenvalue weighted by atomic mass is 9.97. The van der Waals surface area contributed by atoms with Gasteiger partial charge in [-0.15, -0.1) is 0 Å². The number of hydrogen-bond acceptors (Lipinski definition) is 3. The van der Waals surface area contributed by atoms with E-state index in [-0.39, 0.29) is 11.1 Å². The molecule has 0 saturated heterocycles. The van der Waals surface area contributed by atoms with Crippen molar-refractivity contribution >= 4 is 22.6 Å². The Balaban J connectivity index is 2.19. The fourth-order valence-corrected chi connectivity index (χ4v) is 3.32. The van der Waals surface area contributed by atoms with Crippen LogP contribution in [0.2, 0.25) is 0 Å². The summed E-state index contributed by atoms with van der Waals surface area (Å²) in [6.07, 6.45) is 0. The maximum atomic E-state index is 13.3. The van der Waals surface area contributed by atoms with Gasteiger partial charge in [0.1, 0.15) is 11.7 Å². The number of H-pyrrole nitrogens is 1. The Morgan fingerprint density at radius 2 is 1.96 bits per heavy atom. The van der Waals surface area contributed by atoms with Crippen LogP contribution in [0.25, 0.3) is 27.8 Å². The number of aromatic carboxylic acids is 1. The highest BCUT2D eigenvalue weighted by Gasteiger charge is 2.20. The molecule has 0 aliphatic heterocycles. The molecule has 26 heavy (non-hydrogen) atoms. The zero-order valence-electron chi connectivity index (χ0n) is 13.8. The van der Waals surface area contributed by atoms with Crippen molar-refractivity contribution in [2.45, 2.75) is 6.92 Å². The van der Waals surface area contributed by atoms with E-state index in [9.17, 15) is 20.0 Å². The largest absolute Gasteiger partial charge is 0.478 e. The van der Waals surface area contributed by atoms with Crippen LogP contribution in [0.4, 0.5) is 0 Å². The van der Waals surface area contributed by atoms with E-state index in [0.29, 0.717) is 33.4 Å². The Kier molecular flexibility index (Phi) is 3.38. The van der Waals surface area contributed by atoms with E-state index in [1.165, 1.54) is 16.5 Å². The Morgan fingerprint density at radius 1 is 1.19 bits per heavy atom. The Morgan fingerprint density at radius 3 is 2.69 bits per heavy atom. The molecule has 0 fully saturated rings. The van der Waals surface area contributed by atoms with Crippen LogP contribution in [-0.2, 0) is 0 Å². The number of aromatic nitrogens is 2. The molecule has 2 aromatic carbocycles. The van der Waals surface area contributed by atoms with E-state index >= 15 is 0 Å². The molecular weight excluding hydrogens is 330 g/mol. The summed E-state index contributed by atoms with van der Waals surface area (Å²) in [5, 5.41) is 18.9. The summed E-state index contributed by atoms with van der Waals surface area (Å²) < 4.78 is 1.48. The second-order valence-electron chi connectivity index (χ2n) is 6.00. The number of aromatic amines is 1. The van der Waals surface area contributed by atoms with Gasteiger partial charge in [-0.3, -0.25) is 9.20 Å². The lowest BCUT2D eigenvalue weighted by Crippen LogP contribution is -2.18. The number of carboxylic acids is 1. The van der Waals surface area contributed by atoms with E-state index in [1.54, 1.807) is 25.1 Å². The van der Waals surface area contributed by atoms with Crippen molar-refractivity contribution in [3.05, 3.63) is 75.6 Å². The van der Waals surface area contributed by atoms with Gasteiger partial charge in [0.15, 0.2) is 0 Å². The SMILES string of the molecule is Cc1c(-c2cccc(C(=O)O)c2)c(=O)n2c([nH]c3ccccc32)c1C#N. The van der Waals surface area contributed by atoms with Crippen LogP contribution in [0.1, 0.15) is 21.5 Å². The molecule has 6 nitrogen and oxygen atoms in total. The van der Waals surface area contributed by atoms with Gasteiger partial charge < -0.3 is 10.1 Å². The first-order valence-corrected chi connectivity index (χ1v) is 7.92. The standard InChI is InChI=1S/C20H13N3O3/c1-11-14(10-21)18-22-15-7-2-3-8-16(15)23(18)19(24)17(11)12-5-4-6-13(9-12)20(25)26/h2-9,22H,1H3,(H,25,26). The predicted octanol–water partition coefficient (Wildman–Crippen LogP) is 3.33. The van der Waals surface area contributed by atoms with Crippen molar-refractivity contribution in [3.8, 4) is 17.2 Å². The summed E-state index contributed by atoms with van der Waals surface area (Å²) in [6, 6.07) is 15.7. The number of benzene rings is 2. The van der Waals surface area contributed by atoms with Crippen molar-refractivity contribution in [1.82, 2.24) is 9.38 Å². The zero-order chi connectivity index (χ0) is 18.4. The highest BCUT2D eigenvalue weighted by molar-refractivity contribution is 5.90. The lowest BCUT2D eigenvalue weighted by molar-refractivity contribution is 0.0697. The third-order valence-electron chi connectivity index (χ3n) is 4.54. The van der Waals surface area contributed by atoms with Gasteiger partial charge in [0.2, 0.25) is 0 Å². The van der Waals surface area contributed by atoms with Crippen molar-refractivity contribution in [2.75, 3.05) is 0 Å². The van der Waals surface area contributed by atoms with Gasteiger partial charge in [-0.2, -0.15) is 5.26 Å². The minimum Gasteiger partial charge on any atom is -0.478 e. The number of hydrogen-bond donors (Lipinski definition) is 2. The fourth-order valence-electron chi connectivity index (χ4n) is 3.32. The van der Waals surface area contributed by atoms with Gasteiger partial charge in [0.25, 0.3) is 5.56 Å². The second-order valence-corrected chi connectivity index (χ2v) is 6.00. The van der Waals surface area contributed by atoms with Crippen LogP contribution in [0.3, 0.4) is 0 Å². The Labute approximate surface area is 147 Å². The van der Waals surface area contributed by atoms with Crippen LogP contribution < -0.4 is 5.56 Å². The molecule has 4 aromatic rings. The number of nitriles is 1. The van der Waals surface area contributed by atoms with E-state index in [4.69, 9.17) is 0 Å². The maximum Gasteiger partial charge on any atom is 0.335 e. The van der Waals surface area contributed by atoms with Gasteiger partial charge in [0.05, 0.1) is 27.7 Å². The van der Waals surface area contributed by atoms with Crippen molar-refractivity contribution in [2.24, 2.45) is 0 Å². The van der Waals surface area contributed by atoms with E-state index in [0.717, 1.165) is 5.52 Å². The fraction of sp³-hybridized carbons (Fsp3) is 0.0500. The van der Waals surface area contributed by atoms with Gasteiger partial charge in [-0.1, -0.05) is 24.3 Å². The van der Waals surface area contributed by atoms with Crippen LogP contribution in [0.15, 0.2) is 53.3 Å². The molecule has 2 aromatic heterocycles. The minimum absolute atomic E-state index is 0.0869. The van der Waals surface area contributed by atoms with E-state index < -0.39 is 5.97 Å². The number of carbonyl (C=O) groups is 1. The first kappa shape index (κ1) is 15.7. The van der Waals surface area contributed by atoms with Gasteiger partial charge >= 0.3 is 5.97 Å². The Bertz CT molecular complexity index is 1310. The molecule has 0 aliphatic carbocycles. The number of pyridine rings is 1. The first-order valence-electron chi connectivity index (χ1n) is 7.92. The third-order valence-corrected chi connectivity index (χ3v) is 4.54. The number of fused-ring (bicyclic) bond motifs is 3. The van der Waals surface area contributed by atoms with Crippen molar-refractivity contribution in [1.29, 1.82) is 5.26 Å². The predicted molar refractivity (Wildman–Crippen MR) is 97.4 cm³/mol. The van der Waals surface area contributed by atoms with E-state index in [1.807, 2.05) is 18.2 Å². The van der Waals surface area contributed by atoms with Crippen LogP contribution in [0.5, 0.6) is 0 Å². The maximum absolute atomic E-state index is 13.3. The minimum atomic E-state index is -1.07. The third kappa shape index (κ3) is 2.11. The first-order chi connectivity index (χ1) is 12.5. The van der Waals surface area contributed by atoms with Crippen LogP contribution in [0, 0.1) is 18.3 Å². The molecule has 2 heterocycles. The van der Waals surface area contributed by atoms with Crippen molar-refractivity contribution < 1.29 is 9.90 Å². The van der Waals surface area contributed by atoms with Crippen LogP contribution >= 0.6 is 0 Å². The summed E-state index contributed by atoms with van der Waals surface area (Å²) in [4.78, 5) is 27.7. The summed E-state index contributed by atoms with van der Waals surface area (Å²) in [5.41, 5.74) is 3.32. The molecule has 0 spiro atoms. The summed E-state index contributed by atoms with van der Waals surface area (Å²) in [5.74, 6) is -1.07. The monoisotopic (exact) mass is 343 g/mol. The molecule has 0 unspecified atom stereocenters. The van der Waals surface area contributed by atoms with Crippen molar-refractivity contribution in [3.63, 3.8) is 0 Å². The number of nitrogens with zero attached hydrogens (tertiary/aromatic N) is 2. The summed E-state index contributed by atoms with van der Waals surface area (Å²) >= 11 is 0. The summed E-state index contributed by atoms with van der Waals surface area (Å²) in [6.45, 7) is 1.70. The molecule has 0 amide bonds. The molecule has 126 valence electrons. The average molecular weight is 343 g/mol. The van der Waals surface area contributed by atoms with Crippen LogP contribution in [-0.4, -0.2) is 20.5 Å². The van der Waals surface area contributed by atoms with Gasteiger partial charge in [0, 0.05) is 0 Å². The highest BCUT2D eigenvalue weighted by Crippen LogP contribution is 2.27. The molecular formula is C20H13N3O3. The molecule has 0 atom stereocenters. The van der Waals surface area contributed by atoms with Gasteiger partial charge in [-0.25, -0.2) is 4.79 Å². The molecule has 0 bridgehead atoms. The number of carboxylic acid groups (broad SMARTS) is 1. The number of imidazole rings is 1. The topological polar surface area (TPSA) is 98.4 Å². The quantitative estimate of drug-likeness (QED) is 0.583. The average Bonchev–Trinajstić information content (AvgIpc) is 3.02. The van der Waals surface area contributed by atoms with Gasteiger partial charge in [-0.05, 0) is 42.3 Å². The second kappa shape index (κ2) is 5.60. The zero-order valence-corrected chi connectivity index (χ0v) is 13.8. The molecule has 0 aliphatic rings. The number of para-hydroxylation sites is 2. The number of nitrogens with one attached hydrogen (secondary N) is 1. The normalized spacial score (nSPS) is 10.9. The smallest absolute Gasteiger partial charge is 0.335 e. The van der Waals surface area contributed by atoms with E-state index in [2.05, 4.69) is 11.1 Å². The number of rotatable bonds is 2. The molecule has 0 radical (unpaired) electrons. The molecule has 0 saturated carbocycles. The summed E-state index contributed by atoms with van der Waals surface area (Å²) in [7, 11) is 0. The Hall–Kier alpha value is -3.85. The highest BCUT2D eigenvalue weighted by atomic mass is 16.4. The molecule has 2 N–H and O–H groups in total. The molecule has 4 rings (SSSR count). The lowest BCUT2D eigenvalue weighted by Gasteiger charge is -2.10.